The number of anilines is 1. The van der Waals surface area contributed by atoms with E-state index >= 15 is 0 Å². The van der Waals surface area contributed by atoms with Gasteiger partial charge >= 0.3 is 0 Å². The Labute approximate surface area is 213 Å². The van der Waals surface area contributed by atoms with Gasteiger partial charge in [-0.1, -0.05) is 48.5 Å². The van der Waals surface area contributed by atoms with Crippen LogP contribution in [-0.2, 0) is 0 Å². The second-order valence-corrected chi connectivity index (χ2v) is 10.8. The zero-order valence-electron chi connectivity index (χ0n) is 20.2. The molecule has 0 fully saturated rings. The van der Waals surface area contributed by atoms with E-state index in [9.17, 15) is 0 Å². The predicted molar refractivity (Wildman–Crippen MR) is 145 cm³/mol. The zero-order valence-corrected chi connectivity index (χ0v) is 21.8. The molecule has 174 valence electrons. The van der Waals surface area contributed by atoms with Gasteiger partial charge in [0.05, 0.1) is 5.57 Å². The van der Waals surface area contributed by atoms with Crippen molar-refractivity contribution in [1.29, 1.82) is 0 Å². The van der Waals surface area contributed by atoms with Gasteiger partial charge in [0.25, 0.3) is 10.0 Å². The molecule has 0 saturated carbocycles. The third-order valence-corrected chi connectivity index (χ3v) is 7.58. The van der Waals surface area contributed by atoms with Crippen LogP contribution < -0.4 is 14.3 Å². The molecule has 5 rings (SSSR count). The fourth-order valence-electron chi connectivity index (χ4n) is 3.82. The SMILES string of the molecule is Cc1sc(C(=Cc2ccc(N(C)C)cc2)c2n[n+](-c3ccccc3)c(C)s2)n[n+]1-c1ccccc1. The second-order valence-electron chi connectivity index (χ2n) is 8.39. The topological polar surface area (TPSA) is 36.8 Å². The number of aryl methyl sites for hydroxylation is 2. The van der Waals surface area contributed by atoms with Crippen LogP contribution in [0.4, 0.5) is 5.69 Å². The van der Waals surface area contributed by atoms with Crippen molar-refractivity contribution in [1.82, 2.24) is 10.2 Å². The smallest absolute Gasteiger partial charge is 0.269 e. The van der Waals surface area contributed by atoms with Crippen molar-refractivity contribution in [3.05, 3.63) is 111 Å². The zero-order chi connectivity index (χ0) is 24.4. The summed E-state index contributed by atoms with van der Waals surface area (Å²) < 4.78 is 4.02. The summed E-state index contributed by atoms with van der Waals surface area (Å²) in [5.74, 6) is 0. The Bertz CT molecular complexity index is 1380. The van der Waals surface area contributed by atoms with Crippen molar-refractivity contribution in [2.24, 2.45) is 0 Å². The van der Waals surface area contributed by atoms with E-state index in [2.05, 4.69) is 87.4 Å². The molecule has 0 spiro atoms. The maximum atomic E-state index is 5.03. The van der Waals surface area contributed by atoms with Gasteiger partial charge in [-0.05, 0) is 55.8 Å². The second kappa shape index (κ2) is 9.90. The van der Waals surface area contributed by atoms with Crippen molar-refractivity contribution in [2.75, 3.05) is 19.0 Å². The molecular formula is C28H27N5S2+2. The van der Waals surface area contributed by atoms with E-state index in [1.165, 1.54) is 5.69 Å². The van der Waals surface area contributed by atoms with Crippen LogP contribution in [0.15, 0.2) is 84.9 Å². The molecule has 5 nitrogen and oxygen atoms in total. The molecule has 7 heteroatoms. The average molecular weight is 498 g/mol. The van der Waals surface area contributed by atoms with Crippen molar-refractivity contribution in [3.8, 4) is 11.4 Å². The minimum absolute atomic E-state index is 0.942. The maximum absolute atomic E-state index is 5.03. The molecule has 0 aliphatic carbocycles. The number of hydrogen-bond donors (Lipinski definition) is 0. The normalized spacial score (nSPS) is 10.9. The molecule has 0 saturated heterocycles. The van der Waals surface area contributed by atoms with Crippen molar-refractivity contribution < 1.29 is 9.36 Å². The number of para-hydroxylation sites is 2. The van der Waals surface area contributed by atoms with Crippen LogP contribution in [0, 0.1) is 13.8 Å². The number of aromatic nitrogens is 4. The van der Waals surface area contributed by atoms with Crippen LogP contribution in [0.3, 0.4) is 0 Å². The Morgan fingerprint density at radius 1 is 0.686 bits per heavy atom. The summed E-state index contributed by atoms with van der Waals surface area (Å²) in [6, 6.07) is 29.1. The lowest BCUT2D eigenvalue weighted by Gasteiger charge is -2.11. The summed E-state index contributed by atoms with van der Waals surface area (Å²) in [5.41, 5.74) is 5.41. The Morgan fingerprint density at radius 2 is 1.14 bits per heavy atom. The third kappa shape index (κ3) is 4.92. The molecule has 2 aromatic heterocycles. The lowest BCUT2D eigenvalue weighted by molar-refractivity contribution is -0.660. The minimum Gasteiger partial charge on any atom is -0.378 e. The van der Waals surface area contributed by atoms with E-state index in [-0.39, 0.29) is 0 Å². The fraction of sp³-hybridized carbons (Fsp3) is 0.143. The van der Waals surface area contributed by atoms with Crippen LogP contribution in [0.2, 0.25) is 0 Å². The van der Waals surface area contributed by atoms with Crippen LogP contribution in [0.5, 0.6) is 0 Å². The lowest BCUT2D eigenvalue weighted by Crippen LogP contribution is -2.35. The van der Waals surface area contributed by atoms with Gasteiger partial charge in [-0.15, -0.1) is 0 Å². The summed E-state index contributed by atoms with van der Waals surface area (Å²) >= 11 is 3.37. The van der Waals surface area contributed by atoms with Gasteiger partial charge in [0.2, 0.25) is 11.4 Å². The van der Waals surface area contributed by atoms with E-state index in [1.807, 2.05) is 45.8 Å². The van der Waals surface area contributed by atoms with Gasteiger partial charge in [-0.3, -0.25) is 0 Å². The molecule has 0 aliphatic heterocycles. The van der Waals surface area contributed by atoms with Crippen molar-refractivity contribution >= 4 is 40.0 Å². The highest BCUT2D eigenvalue weighted by Gasteiger charge is 2.27. The Balaban J connectivity index is 1.64. The molecule has 0 unspecified atom stereocenters. The quantitative estimate of drug-likeness (QED) is 0.294. The van der Waals surface area contributed by atoms with E-state index in [4.69, 9.17) is 10.2 Å². The summed E-state index contributed by atoms with van der Waals surface area (Å²) in [4.78, 5) is 2.11. The first kappa shape index (κ1) is 23.1. The fourth-order valence-corrected chi connectivity index (χ4v) is 5.68. The van der Waals surface area contributed by atoms with Crippen molar-refractivity contribution in [2.45, 2.75) is 13.8 Å². The number of hydrogen-bond acceptors (Lipinski definition) is 5. The van der Waals surface area contributed by atoms with Gasteiger partial charge in [0.1, 0.15) is 0 Å². The molecule has 0 aliphatic rings. The first-order valence-electron chi connectivity index (χ1n) is 11.4. The van der Waals surface area contributed by atoms with Crippen LogP contribution in [0.1, 0.15) is 25.6 Å². The Kier molecular flexibility index (Phi) is 6.53. The molecule has 0 amide bonds. The Hall–Kier alpha value is -3.68. The highest BCUT2D eigenvalue weighted by molar-refractivity contribution is 7.14. The summed E-state index contributed by atoms with van der Waals surface area (Å²) in [6.45, 7) is 4.21. The van der Waals surface area contributed by atoms with Gasteiger partial charge in [0.15, 0.2) is 10.0 Å². The monoisotopic (exact) mass is 497 g/mol. The molecular weight excluding hydrogens is 470 g/mol. The summed E-state index contributed by atoms with van der Waals surface area (Å²) in [7, 11) is 4.11. The molecule has 0 bridgehead atoms. The Morgan fingerprint density at radius 3 is 1.57 bits per heavy atom. The van der Waals surface area contributed by atoms with Gasteiger partial charge < -0.3 is 4.90 Å². The van der Waals surface area contributed by atoms with E-state index < -0.39 is 0 Å². The predicted octanol–water partition coefficient (Wildman–Crippen LogP) is 5.42. The van der Waals surface area contributed by atoms with Gasteiger partial charge in [-0.2, -0.15) is 0 Å². The molecule has 3 aromatic carbocycles. The highest BCUT2D eigenvalue weighted by Crippen LogP contribution is 2.30. The minimum atomic E-state index is 0.942. The van der Waals surface area contributed by atoms with E-state index in [1.54, 1.807) is 22.7 Å². The van der Waals surface area contributed by atoms with Crippen molar-refractivity contribution in [3.63, 3.8) is 0 Å². The van der Waals surface area contributed by atoms with Gasteiger partial charge in [0, 0.05) is 68.1 Å². The largest absolute Gasteiger partial charge is 0.378 e. The summed E-state index contributed by atoms with van der Waals surface area (Å²) in [6.07, 6.45) is 2.20. The third-order valence-electron chi connectivity index (χ3n) is 5.65. The molecule has 0 atom stereocenters. The summed E-state index contributed by atoms with van der Waals surface area (Å²) in [5, 5.41) is 14.2. The lowest BCUT2D eigenvalue weighted by atomic mass is 10.1. The maximum Gasteiger partial charge on any atom is 0.269 e. The first-order chi connectivity index (χ1) is 17.0. The van der Waals surface area contributed by atoms with Crippen LogP contribution in [-0.4, -0.2) is 24.3 Å². The van der Waals surface area contributed by atoms with Gasteiger partial charge in [-0.25, -0.2) is 0 Å². The first-order valence-corrected chi connectivity index (χ1v) is 13.0. The van der Waals surface area contributed by atoms with E-state index in [0.717, 1.165) is 42.5 Å². The molecule has 0 radical (unpaired) electrons. The van der Waals surface area contributed by atoms with Crippen LogP contribution >= 0.6 is 22.7 Å². The standard InChI is InChI=1S/C28H27N5S2/c1-20-32(24-11-7-5-8-12-24)29-27(34-20)26(19-22-15-17-23(18-16-22)31(3)4)28-30-33(21(2)35-28)25-13-9-6-10-14-25/h5-19H,1-4H3/q+2. The molecule has 35 heavy (non-hydrogen) atoms. The number of nitrogens with zero attached hydrogens (tertiary/aromatic N) is 5. The molecule has 2 heterocycles. The number of rotatable bonds is 6. The highest BCUT2D eigenvalue weighted by atomic mass is 32.1. The molecule has 0 N–H and O–H groups in total. The number of benzene rings is 3. The average Bonchev–Trinajstić information content (AvgIpc) is 3.46. The van der Waals surface area contributed by atoms with E-state index in [0.29, 0.717) is 0 Å². The molecule has 5 aromatic rings. The van der Waals surface area contributed by atoms with Crippen LogP contribution in [0.25, 0.3) is 23.0 Å².